The minimum absolute atomic E-state index is 0.0882. The third-order valence-corrected chi connectivity index (χ3v) is 5.11. The molecule has 0 fully saturated rings. The van der Waals surface area contributed by atoms with Crippen LogP contribution in [-0.2, 0) is 13.5 Å². The van der Waals surface area contributed by atoms with E-state index in [1.54, 1.807) is 0 Å². The second-order valence-electron chi connectivity index (χ2n) is 6.35. The number of ketones is 1. The smallest absolute Gasteiger partial charge is 0.170 e. The summed E-state index contributed by atoms with van der Waals surface area (Å²) >= 11 is 0. The van der Waals surface area contributed by atoms with Gasteiger partial charge in [0, 0.05) is 54.1 Å². The summed E-state index contributed by atoms with van der Waals surface area (Å²) in [7, 11) is 2.07. The predicted octanol–water partition coefficient (Wildman–Crippen LogP) is 2.65. The summed E-state index contributed by atoms with van der Waals surface area (Å²) in [5.41, 5.74) is 3.32. The molecule has 2 aliphatic rings. The molecule has 22 heavy (non-hydrogen) atoms. The second-order valence-corrected chi connectivity index (χ2v) is 6.35. The molecule has 1 N–H and O–H groups in total. The third-order valence-electron chi connectivity index (χ3n) is 5.11. The Hall–Kier alpha value is -2.23. The highest BCUT2D eigenvalue weighted by atomic mass is 16.1. The van der Waals surface area contributed by atoms with Crippen molar-refractivity contribution in [3.05, 3.63) is 47.9 Å². The first-order chi connectivity index (χ1) is 10.7. The molecule has 4 heteroatoms. The molecule has 114 valence electrons. The van der Waals surface area contributed by atoms with E-state index >= 15 is 0 Å². The number of aryl methyl sites for hydroxylation is 1. The first-order valence-corrected chi connectivity index (χ1v) is 7.96. The molecule has 1 aromatic carbocycles. The number of Topliss-reactive ketones (excluding diaryl/α,β-unsaturated/α-hetero) is 1. The van der Waals surface area contributed by atoms with Crippen molar-refractivity contribution in [2.75, 3.05) is 6.54 Å². The number of carbonyl (C=O) groups excluding carboxylic acids is 1. The van der Waals surface area contributed by atoms with Crippen LogP contribution in [0, 0.1) is 5.92 Å². The van der Waals surface area contributed by atoms with Gasteiger partial charge in [-0.25, -0.2) is 0 Å². The van der Waals surface area contributed by atoms with Crippen molar-refractivity contribution in [2.24, 2.45) is 13.0 Å². The van der Waals surface area contributed by atoms with Crippen molar-refractivity contribution >= 4 is 16.7 Å². The number of hydrogen-bond acceptors (Lipinski definition) is 3. The van der Waals surface area contributed by atoms with Gasteiger partial charge < -0.3 is 14.8 Å². The minimum Gasteiger partial charge on any atom is -0.370 e. The topological polar surface area (TPSA) is 37.3 Å². The zero-order valence-corrected chi connectivity index (χ0v) is 13.0. The van der Waals surface area contributed by atoms with E-state index in [0.717, 1.165) is 35.9 Å². The van der Waals surface area contributed by atoms with Gasteiger partial charge in [0.2, 0.25) is 0 Å². The minimum atomic E-state index is 0.0882. The molecule has 0 saturated heterocycles. The monoisotopic (exact) mass is 295 g/mol. The Balaban J connectivity index is 1.71. The highest BCUT2D eigenvalue weighted by Gasteiger charge is 2.33. The van der Waals surface area contributed by atoms with E-state index in [0.29, 0.717) is 5.78 Å². The summed E-state index contributed by atoms with van der Waals surface area (Å²) in [6, 6.07) is 8.24. The Morgan fingerprint density at radius 3 is 2.91 bits per heavy atom. The number of hydrogen-bond donors (Lipinski definition) is 1. The van der Waals surface area contributed by atoms with Gasteiger partial charge in [-0.15, -0.1) is 0 Å². The third kappa shape index (κ3) is 1.86. The maximum atomic E-state index is 13.1. The van der Waals surface area contributed by atoms with E-state index in [-0.39, 0.29) is 12.1 Å². The average Bonchev–Trinajstić information content (AvgIpc) is 3.05. The lowest BCUT2D eigenvalue weighted by molar-refractivity contribution is 0.0867. The highest BCUT2D eigenvalue weighted by Crippen LogP contribution is 2.34. The number of fused-ring (bicyclic) bond motifs is 3. The van der Waals surface area contributed by atoms with Crippen LogP contribution in [0.5, 0.6) is 0 Å². The van der Waals surface area contributed by atoms with Gasteiger partial charge in [0.05, 0.1) is 6.17 Å². The SMILES string of the molecule is CC1NC=CN1C[C@@H]1CCc2c(c3ccccc3n2C)C1=O. The number of nitrogens with zero attached hydrogens (tertiary/aromatic N) is 2. The van der Waals surface area contributed by atoms with Gasteiger partial charge in [-0.1, -0.05) is 18.2 Å². The fourth-order valence-corrected chi connectivity index (χ4v) is 3.81. The standard InChI is InChI=1S/C18H21N3O/c1-12-19-9-10-21(12)11-13-7-8-16-17(18(13)22)14-5-3-4-6-15(14)20(16)2/h3-6,9-10,12-13,19H,7-8,11H2,1-2H3/t12?,13-/m0/s1. The Bertz CT molecular complexity index is 774. The summed E-state index contributed by atoms with van der Waals surface area (Å²) in [5, 5.41) is 4.37. The van der Waals surface area contributed by atoms with E-state index in [4.69, 9.17) is 0 Å². The number of carbonyl (C=O) groups is 1. The predicted molar refractivity (Wildman–Crippen MR) is 87.5 cm³/mol. The fourth-order valence-electron chi connectivity index (χ4n) is 3.81. The summed E-state index contributed by atoms with van der Waals surface area (Å²) in [6.45, 7) is 2.92. The van der Waals surface area contributed by atoms with Crippen LogP contribution in [0.1, 0.15) is 29.4 Å². The van der Waals surface area contributed by atoms with Crippen molar-refractivity contribution in [2.45, 2.75) is 25.9 Å². The van der Waals surface area contributed by atoms with Crippen LogP contribution in [0.25, 0.3) is 10.9 Å². The van der Waals surface area contributed by atoms with Crippen LogP contribution in [0.3, 0.4) is 0 Å². The van der Waals surface area contributed by atoms with E-state index in [9.17, 15) is 4.79 Å². The number of rotatable bonds is 2. The molecule has 2 atom stereocenters. The summed E-state index contributed by atoms with van der Waals surface area (Å²) in [6.07, 6.45) is 6.21. The lowest BCUT2D eigenvalue weighted by atomic mass is 9.84. The number of aromatic nitrogens is 1. The zero-order chi connectivity index (χ0) is 15.3. The zero-order valence-electron chi connectivity index (χ0n) is 13.0. The highest BCUT2D eigenvalue weighted by molar-refractivity contribution is 6.11. The van der Waals surface area contributed by atoms with Gasteiger partial charge in [-0.05, 0) is 25.8 Å². The number of nitrogens with one attached hydrogen (secondary N) is 1. The van der Waals surface area contributed by atoms with Gasteiger partial charge in [0.25, 0.3) is 0 Å². The van der Waals surface area contributed by atoms with Crippen molar-refractivity contribution in [3.8, 4) is 0 Å². The van der Waals surface area contributed by atoms with E-state index in [2.05, 4.69) is 47.1 Å². The lowest BCUT2D eigenvalue weighted by Gasteiger charge is -2.29. The maximum absolute atomic E-state index is 13.1. The second kappa shape index (κ2) is 4.90. The Labute approximate surface area is 130 Å². The van der Waals surface area contributed by atoms with Crippen molar-refractivity contribution < 1.29 is 4.79 Å². The summed E-state index contributed by atoms with van der Waals surface area (Å²) in [4.78, 5) is 15.3. The van der Waals surface area contributed by atoms with Crippen LogP contribution in [0.4, 0.5) is 0 Å². The Morgan fingerprint density at radius 2 is 2.14 bits per heavy atom. The van der Waals surface area contributed by atoms with Gasteiger partial charge in [0.1, 0.15) is 0 Å². The molecule has 1 aromatic heterocycles. The van der Waals surface area contributed by atoms with Crippen molar-refractivity contribution in [3.63, 3.8) is 0 Å². The van der Waals surface area contributed by atoms with Crippen LogP contribution in [0.2, 0.25) is 0 Å². The molecule has 0 amide bonds. The number of para-hydroxylation sites is 1. The van der Waals surface area contributed by atoms with Crippen LogP contribution < -0.4 is 5.32 Å². The summed E-state index contributed by atoms with van der Waals surface area (Å²) < 4.78 is 2.19. The van der Waals surface area contributed by atoms with Crippen LogP contribution in [0.15, 0.2) is 36.7 Å². The number of benzene rings is 1. The molecule has 4 nitrogen and oxygen atoms in total. The fraction of sp³-hybridized carbons (Fsp3) is 0.389. The van der Waals surface area contributed by atoms with E-state index in [1.807, 2.05) is 18.3 Å². The normalized spacial score (nSPS) is 23.9. The molecular weight excluding hydrogens is 274 g/mol. The molecule has 1 aliphatic heterocycles. The molecule has 0 saturated carbocycles. The Kier molecular flexibility index (Phi) is 2.99. The molecule has 0 radical (unpaired) electrons. The van der Waals surface area contributed by atoms with E-state index in [1.165, 1.54) is 5.69 Å². The quantitative estimate of drug-likeness (QED) is 0.925. The van der Waals surface area contributed by atoms with Gasteiger partial charge in [-0.3, -0.25) is 4.79 Å². The Morgan fingerprint density at radius 1 is 1.32 bits per heavy atom. The molecule has 2 heterocycles. The average molecular weight is 295 g/mol. The molecule has 0 spiro atoms. The molecule has 0 bridgehead atoms. The maximum Gasteiger partial charge on any atom is 0.170 e. The molecule has 1 aliphatic carbocycles. The largest absolute Gasteiger partial charge is 0.370 e. The van der Waals surface area contributed by atoms with Gasteiger partial charge >= 0.3 is 0 Å². The van der Waals surface area contributed by atoms with Gasteiger partial charge in [-0.2, -0.15) is 0 Å². The molecule has 2 aromatic rings. The van der Waals surface area contributed by atoms with Crippen LogP contribution in [-0.4, -0.2) is 28.0 Å². The molecular formula is C18H21N3O. The summed E-state index contributed by atoms with van der Waals surface area (Å²) in [5.74, 6) is 0.399. The first kappa shape index (κ1) is 13.4. The lowest BCUT2D eigenvalue weighted by Crippen LogP contribution is -2.39. The van der Waals surface area contributed by atoms with E-state index < -0.39 is 0 Å². The first-order valence-electron chi connectivity index (χ1n) is 7.96. The molecule has 4 rings (SSSR count). The van der Waals surface area contributed by atoms with Gasteiger partial charge in [0.15, 0.2) is 5.78 Å². The van der Waals surface area contributed by atoms with Crippen molar-refractivity contribution in [1.82, 2.24) is 14.8 Å². The molecule has 1 unspecified atom stereocenters. The van der Waals surface area contributed by atoms with Crippen LogP contribution >= 0.6 is 0 Å². The van der Waals surface area contributed by atoms with Crippen molar-refractivity contribution in [1.29, 1.82) is 0 Å².